The van der Waals surface area contributed by atoms with E-state index in [0.29, 0.717) is 23.9 Å². The van der Waals surface area contributed by atoms with Crippen LogP contribution < -0.4 is 20.3 Å². The molecule has 29 heavy (non-hydrogen) atoms. The van der Waals surface area contributed by atoms with Crippen LogP contribution in [-0.4, -0.2) is 43.3 Å². The van der Waals surface area contributed by atoms with Crippen molar-refractivity contribution in [2.75, 3.05) is 18.1 Å². The molecule has 3 rings (SSSR count). The first-order chi connectivity index (χ1) is 14.0. The summed E-state index contributed by atoms with van der Waals surface area (Å²) in [6.07, 6.45) is 6.98. The van der Waals surface area contributed by atoms with Crippen LogP contribution in [-0.2, 0) is 16.0 Å². The predicted molar refractivity (Wildman–Crippen MR) is 114 cm³/mol. The van der Waals surface area contributed by atoms with Gasteiger partial charge in [-0.25, -0.2) is 0 Å². The highest BCUT2D eigenvalue weighted by atomic mass is 16.5. The number of ether oxygens (including phenoxy) is 1. The Kier molecular flexibility index (Phi) is 6.56. The number of benzene rings is 1. The Bertz CT molecular complexity index is 830. The smallest absolute Gasteiger partial charge is 0.257 e. The molecule has 1 heterocycles. The molecular formula is C22H30N4O3. The molecule has 1 aromatic carbocycles. The van der Waals surface area contributed by atoms with Gasteiger partial charge in [-0.2, -0.15) is 0 Å². The highest BCUT2D eigenvalue weighted by molar-refractivity contribution is 6.10. The first-order valence-corrected chi connectivity index (χ1v) is 10.3. The standard InChI is InChI=1S/C22H30N4O3/c1-4-24-21(28)13-29-22-18(16(11-23)12-25-17-6-7-17)9-10-20-19(22)8-5-14(2)26(20)15(3)27/h9-12,14,17,23,25H,4-8,13H2,1-3H3,(H,24,28)/b16-12+,23-11?. The van der Waals surface area contributed by atoms with Crippen molar-refractivity contribution in [1.82, 2.24) is 10.6 Å². The molecule has 0 spiro atoms. The molecule has 7 nitrogen and oxygen atoms in total. The van der Waals surface area contributed by atoms with Crippen LogP contribution in [0.1, 0.15) is 51.2 Å². The van der Waals surface area contributed by atoms with Gasteiger partial charge in [0.2, 0.25) is 5.91 Å². The van der Waals surface area contributed by atoms with Crippen molar-refractivity contribution in [3.8, 4) is 5.75 Å². The molecule has 0 aromatic heterocycles. The molecule has 7 heteroatoms. The van der Waals surface area contributed by atoms with Gasteiger partial charge in [0.05, 0.1) is 5.69 Å². The molecule has 1 fully saturated rings. The zero-order valence-corrected chi connectivity index (χ0v) is 17.4. The molecule has 0 radical (unpaired) electrons. The number of anilines is 1. The number of nitrogens with zero attached hydrogens (tertiary/aromatic N) is 1. The molecule has 1 saturated carbocycles. The third kappa shape index (κ3) is 4.78. The quantitative estimate of drug-likeness (QED) is 0.587. The first kappa shape index (κ1) is 20.9. The second-order valence-corrected chi connectivity index (χ2v) is 7.64. The number of nitrogens with one attached hydrogen (secondary N) is 3. The zero-order chi connectivity index (χ0) is 21.0. The Morgan fingerprint density at radius 3 is 2.69 bits per heavy atom. The Morgan fingerprint density at radius 1 is 1.31 bits per heavy atom. The highest BCUT2D eigenvalue weighted by Gasteiger charge is 2.30. The normalized spacial score (nSPS) is 18.7. The van der Waals surface area contributed by atoms with Crippen LogP contribution in [0.2, 0.25) is 0 Å². The molecule has 3 N–H and O–H groups in total. The Labute approximate surface area is 172 Å². The molecule has 1 aliphatic heterocycles. The predicted octanol–water partition coefficient (Wildman–Crippen LogP) is 2.63. The lowest BCUT2D eigenvalue weighted by molar-refractivity contribution is -0.123. The largest absolute Gasteiger partial charge is 0.483 e. The van der Waals surface area contributed by atoms with E-state index in [1.165, 1.54) is 6.21 Å². The lowest BCUT2D eigenvalue weighted by Gasteiger charge is -2.36. The molecular weight excluding hydrogens is 368 g/mol. The van der Waals surface area contributed by atoms with Gasteiger partial charge in [0.15, 0.2) is 6.61 Å². The van der Waals surface area contributed by atoms with E-state index in [4.69, 9.17) is 10.1 Å². The van der Waals surface area contributed by atoms with Crippen molar-refractivity contribution in [2.24, 2.45) is 0 Å². The monoisotopic (exact) mass is 398 g/mol. The average molecular weight is 399 g/mol. The Morgan fingerprint density at radius 2 is 2.07 bits per heavy atom. The van der Waals surface area contributed by atoms with Gasteiger partial charge >= 0.3 is 0 Å². The van der Waals surface area contributed by atoms with Gasteiger partial charge in [0.1, 0.15) is 5.75 Å². The van der Waals surface area contributed by atoms with E-state index in [2.05, 4.69) is 10.6 Å². The molecule has 156 valence electrons. The van der Waals surface area contributed by atoms with Gasteiger partial charge in [0.25, 0.3) is 5.91 Å². The number of rotatable bonds is 8. The number of carbonyl (C=O) groups excluding carboxylic acids is 2. The molecule has 1 unspecified atom stereocenters. The van der Waals surface area contributed by atoms with E-state index in [1.54, 1.807) is 11.8 Å². The van der Waals surface area contributed by atoms with Crippen molar-refractivity contribution < 1.29 is 14.3 Å². The van der Waals surface area contributed by atoms with Crippen molar-refractivity contribution in [1.29, 1.82) is 5.41 Å². The van der Waals surface area contributed by atoms with Crippen LogP contribution in [0.4, 0.5) is 5.69 Å². The summed E-state index contributed by atoms with van der Waals surface area (Å²) in [4.78, 5) is 26.1. The van der Waals surface area contributed by atoms with Crippen LogP contribution >= 0.6 is 0 Å². The summed E-state index contributed by atoms with van der Waals surface area (Å²) in [7, 11) is 0. The summed E-state index contributed by atoms with van der Waals surface area (Å²) in [5.41, 5.74) is 3.19. The van der Waals surface area contributed by atoms with E-state index in [-0.39, 0.29) is 24.5 Å². The number of fused-ring (bicyclic) bond motifs is 1. The Hall–Kier alpha value is -2.83. The topological polar surface area (TPSA) is 94.5 Å². The summed E-state index contributed by atoms with van der Waals surface area (Å²) in [6.45, 7) is 5.90. The summed E-state index contributed by atoms with van der Waals surface area (Å²) in [6, 6.07) is 4.38. The fourth-order valence-electron chi connectivity index (χ4n) is 3.72. The van der Waals surface area contributed by atoms with E-state index in [9.17, 15) is 9.59 Å². The van der Waals surface area contributed by atoms with Gasteiger partial charge in [0, 0.05) is 54.7 Å². The molecule has 0 saturated heterocycles. The van der Waals surface area contributed by atoms with Gasteiger partial charge in [-0.15, -0.1) is 0 Å². The first-order valence-electron chi connectivity index (χ1n) is 10.3. The summed E-state index contributed by atoms with van der Waals surface area (Å²) < 4.78 is 6.00. The molecule has 1 aliphatic carbocycles. The number of hydrogen-bond donors (Lipinski definition) is 3. The fourth-order valence-corrected chi connectivity index (χ4v) is 3.72. The van der Waals surface area contributed by atoms with Crippen LogP contribution in [0.15, 0.2) is 18.3 Å². The lowest BCUT2D eigenvalue weighted by atomic mass is 9.92. The molecule has 2 amide bonds. The van der Waals surface area contributed by atoms with Crippen molar-refractivity contribution >= 4 is 29.3 Å². The maximum Gasteiger partial charge on any atom is 0.257 e. The molecule has 1 atom stereocenters. The van der Waals surface area contributed by atoms with E-state index < -0.39 is 0 Å². The molecule has 0 bridgehead atoms. The van der Waals surface area contributed by atoms with Crippen molar-refractivity contribution in [2.45, 2.75) is 58.5 Å². The number of allylic oxidation sites excluding steroid dienone is 1. The van der Waals surface area contributed by atoms with E-state index >= 15 is 0 Å². The van der Waals surface area contributed by atoms with Crippen LogP contribution in [0, 0.1) is 5.41 Å². The maximum atomic E-state index is 12.3. The fraction of sp³-hybridized carbons (Fsp3) is 0.500. The lowest BCUT2D eigenvalue weighted by Crippen LogP contribution is -2.41. The number of carbonyl (C=O) groups is 2. The second kappa shape index (κ2) is 9.11. The average Bonchev–Trinajstić information content (AvgIpc) is 3.51. The minimum Gasteiger partial charge on any atom is -0.483 e. The second-order valence-electron chi connectivity index (χ2n) is 7.64. The van der Waals surface area contributed by atoms with E-state index in [0.717, 1.165) is 42.5 Å². The highest BCUT2D eigenvalue weighted by Crippen LogP contribution is 2.41. The minimum absolute atomic E-state index is 0.0147. The van der Waals surface area contributed by atoms with E-state index in [1.807, 2.05) is 32.2 Å². The van der Waals surface area contributed by atoms with Gasteiger partial charge in [-0.05, 0) is 51.7 Å². The van der Waals surface area contributed by atoms with Gasteiger partial charge in [-0.1, -0.05) is 0 Å². The number of hydrogen-bond acceptors (Lipinski definition) is 5. The van der Waals surface area contributed by atoms with Crippen molar-refractivity contribution in [3.63, 3.8) is 0 Å². The molecule has 1 aromatic rings. The third-order valence-electron chi connectivity index (χ3n) is 5.33. The minimum atomic E-state index is -0.194. The van der Waals surface area contributed by atoms with Gasteiger partial charge in [-0.3, -0.25) is 9.59 Å². The summed E-state index contributed by atoms with van der Waals surface area (Å²) in [5, 5.41) is 13.9. The zero-order valence-electron chi connectivity index (χ0n) is 17.4. The molecule has 2 aliphatic rings. The van der Waals surface area contributed by atoms with Crippen LogP contribution in [0.25, 0.3) is 5.57 Å². The van der Waals surface area contributed by atoms with Crippen molar-refractivity contribution in [3.05, 3.63) is 29.5 Å². The SMILES string of the molecule is CCNC(=O)COc1c(/C(C=N)=C/NC2CC2)ccc2c1CCC(C)N2C(C)=O. The van der Waals surface area contributed by atoms with Crippen LogP contribution in [0.3, 0.4) is 0 Å². The Balaban J connectivity index is 2.02. The number of amides is 2. The third-order valence-corrected chi connectivity index (χ3v) is 5.33. The summed E-state index contributed by atoms with van der Waals surface area (Å²) in [5.74, 6) is 0.374. The maximum absolute atomic E-state index is 12.3. The summed E-state index contributed by atoms with van der Waals surface area (Å²) >= 11 is 0. The number of likely N-dealkylation sites (N-methyl/N-ethyl adjacent to an activating group) is 1. The van der Waals surface area contributed by atoms with Crippen LogP contribution in [0.5, 0.6) is 5.75 Å². The van der Waals surface area contributed by atoms with Gasteiger partial charge < -0.3 is 25.7 Å².